The maximum Gasteiger partial charge on any atom is 0.246 e. The second kappa shape index (κ2) is 5.66. The fourth-order valence-corrected chi connectivity index (χ4v) is 1.17. The number of nitriles is 1. The highest BCUT2D eigenvalue weighted by molar-refractivity contribution is 5.86. The first-order chi connectivity index (χ1) is 7.27. The van der Waals surface area contributed by atoms with E-state index in [1.807, 2.05) is 6.07 Å². The molecular weight excluding hydrogens is 192 g/mol. The van der Waals surface area contributed by atoms with Crippen LogP contribution in [0.15, 0.2) is 35.5 Å². The summed E-state index contributed by atoms with van der Waals surface area (Å²) >= 11 is 0. The van der Waals surface area contributed by atoms with E-state index in [4.69, 9.17) is 9.68 Å². The quantitative estimate of drug-likeness (QED) is 0.686. The Hall–Kier alpha value is -2.02. The molecule has 0 saturated carbocycles. The van der Waals surface area contributed by atoms with Crippen LogP contribution in [0.1, 0.15) is 12.2 Å². The topological polar surface area (TPSA) is 57.2 Å². The normalized spacial score (nSPS) is 9.27. The molecule has 0 spiro atoms. The Morgan fingerprint density at radius 2 is 2.53 bits per heavy atom. The first-order valence-electron chi connectivity index (χ1n) is 4.58. The van der Waals surface area contributed by atoms with Gasteiger partial charge in [-0.05, 0) is 18.2 Å². The van der Waals surface area contributed by atoms with Crippen molar-refractivity contribution in [3.8, 4) is 6.07 Å². The minimum Gasteiger partial charge on any atom is -0.467 e. The summed E-state index contributed by atoms with van der Waals surface area (Å²) in [5.41, 5.74) is 0. The average molecular weight is 204 g/mol. The van der Waals surface area contributed by atoms with Gasteiger partial charge in [-0.25, -0.2) is 0 Å². The fourth-order valence-electron chi connectivity index (χ4n) is 1.17. The molecular formula is C11H12N2O2. The third-order valence-electron chi connectivity index (χ3n) is 1.91. The molecule has 1 heterocycles. The predicted octanol–water partition coefficient (Wildman–Crippen LogP) is 1.71. The SMILES string of the molecule is C=CC(=O)N(CCC#N)Cc1ccco1. The number of nitrogens with zero attached hydrogens (tertiary/aromatic N) is 2. The van der Waals surface area contributed by atoms with Crippen LogP contribution in [0.4, 0.5) is 0 Å². The number of carbonyl (C=O) groups is 1. The maximum absolute atomic E-state index is 11.4. The van der Waals surface area contributed by atoms with E-state index in [1.165, 1.54) is 11.0 Å². The van der Waals surface area contributed by atoms with Crippen molar-refractivity contribution in [2.24, 2.45) is 0 Å². The molecule has 1 amide bonds. The zero-order valence-electron chi connectivity index (χ0n) is 8.35. The monoisotopic (exact) mass is 204 g/mol. The summed E-state index contributed by atoms with van der Waals surface area (Å²) in [5, 5.41) is 8.46. The van der Waals surface area contributed by atoms with Gasteiger partial charge in [0.25, 0.3) is 0 Å². The van der Waals surface area contributed by atoms with Crippen molar-refractivity contribution in [3.05, 3.63) is 36.8 Å². The van der Waals surface area contributed by atoms with Crippen LogP contribution in [0.2, 0.25) is 0 Å². The van der Waals surface area contributed by atoms with Crippen molar-refractivity contribution in [1.29, 1.82) is 5.26 Å². The van der Waals surface area contributed by atoms with E-state index in [-0.39, 0.29) is 5.91 Å². The van der Waals surface area contributed by atoms with Crippen molar-refractivity contribution < 1.29 is 9.21 Å². The molecule has 0 unspecified atom stereocenters. The summed E-state index contributed by atoms with van der Waals surface area (Å²) in [6.45, 7) is 4.18. The maximum atomic E-state index is 11.4. The lowest BCUT2D eigenvalue weighted by Crippen LogP contribution is -2.29. The standard InChI is InChI=1S/C11H12N2O2/c1-2-11(14)13(7-4-6-12)9-10-5-3-8-15-10/h2-3,5,8H,1,4,7,9H2. The smallest absolute Gasteiger partial charge is 0.246 e. The van der Waals surface area contributed by atoms with E-state index in [1.54, 1.807) is 18.4 Å². The molecule has 1 aromatic rings. The Labute approximate surface area is 88.4 Å². The van der Waals surface area contributed by atoms with Gasteiger partial charge in [0.15, 0.2) is 0 Å². The van der Waals surface area contributed by atoms with Gasteiger partial charge in [0.2, 0.25) is 5.91 Å². The lowest BCUT2D eigenvalue weighted by atomic mass is 10.3. The molecule has 0 bridgehead atoms. The van der Waals surface area contributed by atoms with Gasteiger partial charge in [-0.1, -0.05) is 6.58 Å². The van der Waals surface area contributed by atoms with Crippen LogP contribution in [0.5, 0.6) is 0 Å². The van der Waals surface area contributed by atoms with Crippen LogP contribution in [0.25, 0.3) is 0 Å². The third kappa shape index (κ3) is 3.31. The van der Waals surface area contributed by atoms with Crippen LogP contribution in [-0.2, 0) is 11.3 Å². The lowest BCUT2D eigenvalue weighted by molar-refractivity contribution is -0.126. The summed E-state index contributed by atoms with van der Waals surface area (Å²) in [7, 11) is 0. The summed E-state index contributed by atoms with van der Waals surface area (Å²) in [6.07, 6.45) is 3.09. The Morgan fingerprint density at radius 3 is 3.07 bits per heavy atom. The van der Waals surface area contributed by atoms with E-state index in [9.17, 15) is 4.79 Å². The van der Waals surface area contributed by atoms with E-state index >= 15 is 0 Å². The zero-order chi connectivity index (χ0) is 11.1. The molecule has 0 radical (unpaired) electrons. The Bertz CT molecular complexity index is 362. The first-order valence-corrected chi connectivity index (χ1v) is 4.58. The van der Waals surface area contributed by atoms with Gasteiger partial charge in [-0.15, -0.1) is 0 Å². The molecule has 4 heteroatoms. The Morgan fingerprint density at radius 1 is 1.73 bits per heavy atom. The second-order valence-electron chi connectivity index (χ2n) is 2.95. The van der Waals surface area contributed by atoms with Gasteiger partial charge in [0, 0.05) is 6.54 Å². The van der Waals surface area contributed by atoms with Crippen LogP contribution < -0.4 is 0 Å². The van der Waals surface area contributed by atoms with E-state index < -0.39 is 0 Å². The average Bonchev–Trinajstić information content (AvgIpc) is 2.75. The third-order valence-corrected chi connectivity index (χ3v) is 1.91. The zero-order valence-corrected chi connectivity index (χ0v) is 8.35. The second-order valence-corrected chi connectivity index (χ2v) is 2.95. The number of rotatable bonds is 5. The van der Waals surface area contributed by atoms with E-state index in [0.29, 0.717) is 25.3 Å². The summed E-state index contributed by atoms with van der Waals surface area (Å²) in [5.74, 6) is 0.504. The number of carbonyl (C=O) groups excluding carboxylic acids is 1. The lowest BCUT2D eigenvalue weighted by Gasteiger charge is -2.18. The Balaban J connectivity index is 2.60. The molecule has 4 nitrogen and oxygen atoms in total. The predicted molar refractivity (Wildman–Crippen MR) is 54.6 cm³/mol. The molecule has 0 saturated heterocycles. The highest BCUT2D eigenvalue weighted by Gasteiger charge is 2.11. The van der Waals surface area contributed by atoms with Crippen LogP contribution in [0, 0.1) is 11.3 Å². The van der Waals surface area contributed by atoms with Gasteiger partial charge in [0.1, 0.15) is 5.76 Å². The molecule has 15 heavy (non-hydrogen) atoms. The number of amides is 1. The molecule has 0 aliphatic rings. The molecule has 0 aromatic carbocycles. The molecule has 0 aliphatic heterocycles. The van der Waals surface area contributed by atoms with Crippen molar-refractivity contribution in [3.63, 3.8) is 0 Å². The van der Waals surface area contributed by atoms with Gasteiger partial charge in [-0.3, -0.25) is 4.79 Å². The van der Waals surface area contributed by atoms with Crippen LogP contribution >= 0.6 is 0 Å². The van der Waals surface area contributed by atoms with Gasteiger partial charge < -0.3 is 9.32 Å². The molecule has 0 aliphatic carbocycles. The van der Waals surface area contributed by atoms with Crippen molar-refractivity contribution >= 4 is 5.91 Å². The minimum atomic E-state index is -0.193. The minimum absolute atomic E-state index is 0.193. The van der Waals surface area contributed by atoms with Crippen molar-refractivity contribution in [2.75, 3.05) is 6.54 Å². The molecule has 78 valence electrons. The van der Waals surface area contributed by atoms with Gasteiger partial charge in [0.05, 0.1) is 25.3 Å². The van der Waals surface area contributed by atoms with Crippen molar-refractivity contribution in [2.45, 2.75) is 13.0 Å². The highest BCUT2D eigenvalue weighted by atomic mass is 16.3. The largest absolute Gasteiger partial charge is 0.467 e. The number of hydrogen-bond donors (Lipinski definition) is 0. The van der Waals surface area contributed by atoms with Crippen LogP contribution in [0.3, 0.4) is 0 Å². The summed E-state index contributed by atoms with van der Waals surface area (Å²) < 4.78 is 5.13. The molecule has 0 N–H and O–H groups in total. The number of hydrogen-bond acceptors (Lipinski definition) is 3. The molecule has 0 fully saturated rings. The fraction of sp³-hybridized carbons (Fsp3) is 0.273. The summed E-state index contributed by atoms with van der Waals surface area (Å²) in [6, 6.07) is 5.55. The first kappa shape index (κ1) is 11.1. The number of furan rings is 1. The summed E-state index contributed by atoms with van der Waals surface area (Å²) in [4.78, 5) is 12.9. The molecule has 1 rings (SSSR count). The van der Waals surface area contributed by atoms with Crippen molar-refractivity contribution in [1.82, 2.24) is 4.90 Å². The molecule has 0 atom stereocenters. The van der Waals surface area contributed by atoms with E-state index in [2.05, 4.69) is 6.58 Å². The van der Waals surface area contributed by atoms with Gasteiger partial charge in [-0.2, -0.15) is 5.26 Å². The van der Waals surface area contributed by atoms with Crippen LogP contribution in [-0.4, -0.2) is 17.4 Å². The highest BCUT2D eigenvalue weighted by Crippen LogP contribution is 2.06. The van der Waals surface area contributed by atoms with Gasteiger partial charge >= 0.3 is 0 Å². The Kier molecular flexibility index (Phi) is 4.17. The molecule has 1 aromatic heterocycles. The van der Waals surface area contributed by atoms with E-state index in [0.717, 1.165) is 0 Å².